The van der Waals surface area contributed by atoms with E-state index in [9.17, 15) is 0 Å². The molecule has 2 N–H and O–H groups in total. The summed E-state index contributed by atoms with van der Waals surface area (Å²) in [6.07, 6.45) is 2.36. The number of rotatable bonds is 4. The molecule has 2 heterocycles. The molecule has 0 aromatic rings. The number of likely N-dealkylation sites (tertiary alicyclic amines) is 1. The average molecular weight is 254 g/mol. The maximum atomic E-state index is 5.94. The van der Waals surface area contributed by atoms with Crippen LogP contribution in [0, 0.1) is 0 Å². The smallest absolute Gasteiger partial charge is 0.0113 e. The third-order valence-electron chi connectivity index (χ3n) is 4.50. The minimum Gasteiger partial charge on any atom is -0.328 e. The van der Waals surface area contributed by atoms with Gasteiger partial charge in [0, 0.05) is 51.4 Å². The van der Waals surface area contributed by atoms with E-state index < -0.39 is 0 Å². The van der Waals surface area contributed by atoms with Crippen LogP contribution in [0.4, 0.5) is 0 Å². The Morgan fingerprint density at radius 1 is 0.889 bits per heavy atom. The predicted octanol–water partition coefficient (Wildman–Crippen LogP) is 0.436. The van der Waals surface area contributed by atoms with Gasteiger partial charge >= 0.3 is 0 Å². The van der Waals surface area contributed by atoms with Gasteiger partial charge in [0.2, 0.25) is 0 Å². The first-order valence-electron chi connectivity index (χ1n) is 7.59. The molecule has 2 fully saturated rings. The molecule has 0 spiro atoms. The number of hydrogen-bond donors (Lipinski definition) is 1. The lowest BCUT2D eigenvalue weighted by Crippen LogP contribution is -2.51. The van der Waals surface area contributed by atoms with E-state index in [4.69, 9.17) is 5.73 Å². The Bertz CT molecular complexity index is 228. The van der Waals surface area contributed by atoms with Gasteiger partial charge in [-0.25, -0.2) is 0 Å². The van der Waals surface area contributed by atoms with E-state index in [0.29, 0.717) is 12.1 Å². The summed E-state index contributed by atoms with van der Waals surface area (Å²) in [7, 11) is 0. The largest absolute Gasteiger partial charge is 0.328 e. The van der Waals surface area contributed by atoms with Crippen LogP contribution < -0.4 is 5.73 Å². The molecule has 0 bridgehead atoms. The van der Waals surface area contributed by atoms with E-state index in [-0.39, 0.29) is 0 Å². The Balaban J connectivity index is 1.60. The molecular formula is C14H30N4. The Morgan fingerprint density at radius 2 is 1.39 bits per heavy atom. The molecule has 2 aliphatic heterocycles. The summed E-state index contributed by atoms with van der Waals surface area (Å²) in [4.78, 5) is 7.78. The van der Waals surface area contributed by atoms with Crippen LogP contribution in [-0.2, 0) is 0 Å². The minimum atomic E-state index is 0.454. The van der Waals surface area contributed by atoms with E-state index >= 15 is 0 Å². The summed E-state index contributed by atoms with van der Waals surface area (Å²) in [6.45, 7) is 14.4. The normalized spacial score (nSPS) is 26.0. The molecule has 0 aromatic carbocycles. The fourth-order valence-corrected chi connectivity index (χ4v) is 2.96. The van der Waals surface area contributed by atoms with Crippen molar-refractivity contribution in [2.75, 3.05) is 52.4 Å². The van der Waals surface area contributed by atoms with Crippen molar-refractivity contribution in [3.8, 4) is 0 Å². The number of hydrogen-bond acceptors (Lipinski definition) is 4. The molecule has 0 aromatic heterocycles. The zero-order valence-electron chi connectivity index (χ0n) is 12.1. The molecule has 2 saturated heterocycles. The SMILES string of the molecule is CC(C)N1CCN(CCN2CCC(N)CC2)CC1. The molecule has 0 aliphatic carbocycles. The number of piperazine rings is 1. The standard InChI is InChI=1S/C14H30N4/c1-13(2)18-11-9-17(10-12-18)8-7-16-5-3-14(15)4-6-16/h13-14H,3-12,15H2,1-2H3. The highest BCUT2D eigenvalue weighted by molar-refractivity contribution is 4.77. The summed E-state index contributed by atoms with van der Waals surface area (Å²) in [5, 5.41) is 0. The van der Waals surface area contributed by atoms with Crippen molar-refractivity contribution in [1.82, 2.24) is 14.7 Å². The van der Waals surface area contributed by atoms with Crippen LogP contribution in [0.25, 0.3) is 0 Å². The fourth-order valence-electron chi connectivity index (χ4n) is 2.96. The van der Waals surface area contributed by atoms with Gasteiger partial charge in [0.1, 0.15) is 0 Å². The second kappa shape index (κ2) is 6.85. The quantitative estimate of drug-likeness (QED) is 0.789. The molecule has 0 unspecified atom stereocenters. The first kappa shape index (κ1) is 14.3. The lowest BCUT2D eigenvalue weighted by Gasteiger charge is -2.38. The van der Waals surface area contributed by atoms with E-state index in [2.05, 4.69) is 28.5 Å². The highest BCUT2D eigenvalue weighted by Crippen LogP contribution is 2.09. The molecule has 0 saturated carbocycles. The van der Waals surface area contributed by atoms with Crippen LogP contribution >= 0.6 is 0 Å². The zero-order valence-corrected chi connectivity index (χ0v) is 12.1. The van der Waals surface area contributed by atoms with Crippen molar-refractivity contribution in [2.45, 2.75) is 38.8 Å². The molecule has 106 valence electrons. The maximum Gasteiger partial charge on any atom is 0.0113 e. The van der Waals surface area contributed by atoms with Gasteiger partial charge in [0.15, 0.2) is 0 Å². The van der Waals surface area contributed by atoms with E-state index in [1.54, 1.807) is 0 Å². The lowest BCUT2D eigenvalue weighted by molar-refractivity contribution is 0.0946. The molecule has 18 heavy (non-hydrogen) atoms. The van der Waals surface area contributed by atoms with Crippen LogP contribution in [0.15, 0.2) is 0 Å². The predicted molar refractivity (Wildman–Crippen MR) is 76.8 cm³/mol. The zero-order chi connectivity index (χ0) is 13.0. The van der Waals surface area contributed by atoms with E-state index in [1.165, 1.54) is 65.2 Å². The third-order valence-corrected chi connectivity index (χ3v) is 4.50. The molecule has 2 aliphatic rings. The summed E-state index contributed by atoms with van der Waals surface area (Å²) in [5.41, 5.74) is 5.94. The Hall–Kier alpha value is -0.160. The van der Waals surface area contributed by atoms with Crippen molar-refractivity contribution in [3.05, 3.63) is 0 Å². The molecule has 0 amide bonds. The maximum absolute atomic E-state index is 5.94. The van der Waals surface area contributed by atoms with Crippen LogP contribution in [-0.4, -0.2) is 79.1 Å². The van der Waals surface area contributed by atoms with Crippen LogP contribution in [0.5, 0.6) is 0 Å². The molecule has 2 rings (SSSR count). The van der Waals surface area contributed by atoms with Gasteiger partial charge < -0.3 is 10.6 Å². The Morgan fingerprint density at radius 3 is 1.89 bits per heavy atom. The first-order chi connectivity index (χ1) is 8.65. The molecule has 4 heteroatoms. The minimum absolute atomic E-state index is 0.454. The van der Waals surface area contributed by atoms with Crippen molar-refractivity contribution >= 4 is 0 Å². The molecule has 4 nitrogen and oxygen atoms in total. The first-order valence-corrected chi connectivity index (χ1v) is 7.59. The highest BCUT2D eigenvalue weighted by atomic mass is 15.3. The summed E-state index contributed by atoms with van der Waals surface area (Å²) in [5.74, 6) is 0. The third kappa shape index (κ3) is 4.19. The van der Waals surface area contributed by atoms with Gasteiger partial charge in [-0.3, -0.25) is 9.80 Å². The number of piperidine rings is 1. The average Bonchev–Trinajstić information content (AvgIpc) is 2.38. The van der Waals surface area contributed by atoms with Crippen LogP contribution in [0.3, 0.4) is 0 Å². The van der Waals surface area contributed by atoms with Crippen molar-refractivity contribution < 1.29 is 0 Å². The van der Waals surface area contributed by atoms with Gasteiger partial charge in [0.25, 0.3) is 0 Å². The van der Waals surface area contributed by atoms with Crippen LogP contribution in [0.2, 0.25) is 0 Å². The second-order valence-corrected chi connectivity index (χ2v) is 6.15. The van der Waals surface area contributed by atoms with Gasteiger partial charge in [-0.1, -0.05) is 0 Å². The Labute approximate surface area is 112 Å². The monoisotopic (exact) mass is 254 g/mol. The van der Waals surface area contributed by atoms with E-state index in [1.807, 2.05) is 0 Å². The van der Waals surface area contributed by atoms with Crippen LogP contribution in [0.1, 0.15) is 26.7 Å². The van der Waals surface area contributed by atoms with Crippen molar-refractivity contribution in [1.29, 1.82) is 0 Å². The summed E-state index contributed by atoms with van der Waals surface area (Å²) >= 11 is 0. The molecule has 0 atom stereocenters. The highest BCUT2D eigenvalue weighted by Gasteiger charge is 2.20. The topological polar surface area (TPSA) is 35.7 Å². The number of nitrogens with two attached hydrogens (primary N) is 1. The van der Waals surface area contributed by atoms with Gasteiger partial charge in [-0.05, 0) is 39.8 Å². The summed E-state index contributed by atoms with van der Waals surface area (Å²) < 4.78 is 0. The van der Waals surface area contributed by atoms with Gasteiger partial charge in [-0.2, -0.15) is 0 Å². The lowest BCUT2D eigenvalue weighted by atomic mass is 10.1. The molecule has 0 radical (unpaired) electrons. The molecular weight excluding hydrogens is 224 g/mol. The second-order valence-electron chi connectivity index (χ2n) is 6.15. The fraction of sp³-hybridized carbons (Fsp3) is 1.00. The van der Waals surface area contributed by atoms with Gasteiger partial charge in [-0.15, -0.1) is 0 Å². The Kier molecular flexibility index (Phi) is 5.42. The summed E-state index contributed by atoms with van der Waals surface area (Å²) in [6, 6.07) is 1.16. The van der Waals surface area contributed by atoms with Crippen molar-refractivity contribution in [3.63, 3.8) is 0 Å². The number of nitrogens with zero attached hydrogens (tertiary/aromatic N) is 3. The van der Waals surface area contributed by atoms with E-state index in [0.717, 1.165) is 0 Å². The van der Waals surface area contributed by atoms with Crippen molar-refractivity contribution in [2.24, 2.45) is 5.73 Å². The van der Waals surface area contributed by atoms with Gasteiger partial charge in [0.05, 0.1) is 0 Å².